The molecule has 1 heterocycles. The Morgan fingerprint density at radius 3 is 2.91 bits per heavy atom. The highest BCUT2D eigenvalue weighted by atomic mass is 16.5. The highest BCUT2D eigenvalue weighted by Crippen LogP contribution is 2.38. The minimum absolute atomic E-state index is 0.0210. The van der Waals surface area contributed by atoms with Gasteiger partial charge in [-0.3, -0.25) is 9.59 Å². The van der Waals surface area contributed by atoms with Crippen molar-refractivity contribution in [2.24, 2.45) is 5.41 Å². The van der Waals surface area contributed by atoms with Crippen LogP contribution in [0, 0.1) is 5.41 Å². The summed E-state index contributed by atoms with van der Waals surface area (Å²) in [4.78, 5) is 25.9. The standard InChI is InChI=1S/C17H22N2O4/c1-5-8-19-13-7-6-12(18-15(20)10-22-4)9-14(13)23-11-17(2,3)16(19)21/h5-7,9H,1,8,10-11H2,2-4H3,(H,18,20). The van der Waals surface area contributed by atoms with Crippen LogP contribution in [0.25, 0.3) is 0 Å². The molecule has 1 aromatic rings. The second-order valence-electron chi connectivity index (χ2n) is 6.04. The van der Waals surface area contributed by atoms with E-state index in [0.717, 1.165) is 0 Å². The van der Waals surface area contributed by atoms with Gasteiger partial charge in [0.1, 0.15) is 19.0 Å². The quantitative estimate of drug-likeness (QED) is 0.845. The third kappa shape index (κ3) is 3.71. The van der Waals surface area contributed by atoms with Gasteiger partial charge in [0.15, 0.2) is 0 Å². The number of carbonyl (C=O) groups is 2. The van der Waals surface area contributed by atoms with Crippen LogP contribution in [0.15, 0.2) is 30.9 Å². The fourth-order valence-corrected chi connectivity index (χ4v) is 2.36. The molecule has 0 bridgehead atoms. The Labute approximate surface area is 136 Å². The number of methoxy groups -OCH3 is 1. The van der Waals surface area contributed by atoms with Gasteiger partial charge in [-0.25, -0.2) is 0 Å². The molecule has 0 aromatic heterocycles. The van der Waals surface area contributed by atoms with E-state index in [2.05, 4.69) is 11.9 Å². The summed E-state index contributed by atoms with van der Waals surface area (Å²) < 4.78 is 10.6. The largest absolute Gasteiger partial charge is 0.490 e. The van der Waals surface area contributed by atoms with E-state index < -0.39 is 5.41 Å². The monoisotopic (exact) mass is 318 g/mol. The van der Waals surface area contributed by atoms with E-state index in [9.17, 15) is 9.59 Å². The number of ether oxygens (including phenoxy) is 2. The summed E-state index contributed by atoms with van der Waals surface area (Å²) in [6.45, 7) is 8.04. The molecule has 0 unspecified atom stereocenters. The molecule has 1 aromatic carbocycles. The molecule has 6 nitrogen and oxygen atoms in total. The summed E-state index contributed by atoms with van der Waals surface area (Å²) in [6, 6.07) is 5.21. The van der Waals surface area contributed by atoms with E-state index in [1.54, 1.807) is 29.2 Å². The molecule has 1 aliphatic heterocycles. The van der Waals surface area contributed by atoms with Gasteiger partial charge in [-0.1, -0.05) is 6.08 Å². The van der Waals surface area contributed by atoms with Crippen molar-refractivity contribution < 1.29 is 19.1 Å². The first-order chi connectivity index (χ1) is 10.9. The van der Waals surface area contributed by atoms with Crippen molar-refractivity contribution in [3.05, 3.63) is 30.9 Å². The van der Waals surface area contributed by atoms with Crippen LogP contribution in [0.3, 0.4) is 0 Å². The van der Waals surface area contributed by atoms with Gasteiger partial charge in [0, 0.05) is 25.4 Å². The number of nitrogens with one attached hydrogen (secondary N) is 1. The number of hydrogen-bond acceptors (Lipinski definition) is 4. The van der Waals surface area contributed by atoms with Crippen molar-refractivity contribution in [2.75, 3.05) is 37.1 Å². The molecular formula is C17H22N2O4. The van der Waals surface area contributed by atoms with E-state index in [-0.39, 0.29) is 25.0 Å². The summed E-state index contributed by atoms with van der Waals surface area (Å²) in [6.07, 6.45) is 1.68. The number of nitrogens with zero attached hydrogens (tertiary/aromatic N) is 1. The number of amides is 2. The van der Waals surface area contributed by atoms with E-state index >= 15 is 0 Å². The maximum Gasteiger partial charge on any atom is 0.250 e. The molecule has 0 spiro atoms. The fraction of sp³-hybridized carbons (Fsp3) is 0.412. The number of benzene rings is 1. The van der Waals surface area contributed by atoms with Crippen molar-refractivity contribution in [3.8, 4) is 5.75 Å². The number of rotatable bonds is 5. The fourth-order valence-electron chi connectivity index (χ4n) is 2.36. The van der Waals surface area contributed by atoms with Crippen molar-refractivity contribution in [3.63, 3.8) is 0 Å². The minimum Gasteiger partial charge on any atom is -0.490 e. The van der Waals surface area contributed by atoms with Crippen LogP contribution in [-0.4, -0.2) is 38.7 Å². The Kier molecular flexibility index (Phi) is 5.05. The molecule has 2 amide bonds. The van der Waals surface area contributed by atoms with Gasteiger partial charge in [0.25, 0.3) is 0 Å². The molecule has 0 fully saturated rings. The molecule has 0 radical (unpaired) electrons. The summed E-state index contributed by atoms with van der Waals surface area (Å²) in [5.74, 6) is 0.286. The number of anilines is 2. The third-order valence-corrected chi connectivity index (χ3v) is 3.53. The van der Waals surface area contributed by atoms with Crippen LogP contribution >= 0.6 is 0 Å². The molecule has 0 saturated heterocycles. The van der Waals surface area contributed by atoms with Crippen LogP contribution in [0.2, 0.25) is 0 Å². The molecule has 6 heteroatoms. The van der Waals surface area contributed by atoms with E-state index in [0.29, 0.717) is 23.7 Å². The first-order valence-electron chi connectivity index (χ1n) is 7.37. The smallest absolute Gasteiger partial charge is 0.250 e. The average Bonchev–Trinajstić information content (AvgIpc) is 2.58. The molecule has 124 valence electrons. The summed E-state index contributed by atoms with van der Waals surface area (Å²) in [5, 5.41) is 2.72. The lowest BCUT2D eigenvalue weighted by molar-refractivity contribution is -0.127. The zero-order valence-electron chi connectivity index (χ0n) is 13.7. The van der Waals surface area contributed by atoms with Crippen molar-refractivity contribution in [1.29, 1.82) is 0 Å². The van der Waals surface area contributed by atoms with Gasteiger partial charge in [-0.2, -0.15) is 0 Å². The van der Waals surface area contributed by atoms with Crippen LogP contribution < -0.4 is 15.0 Å². The number of carbonyl (C=O) groups excluding carboxylic acids is 2. The maximum atomic E-state index is 12.7. The topological polar surface area (TPSA) is 67.9 Å². The number of fused-ring (bicyclic) bond motifs is 1. The average molecular weight is 318 g/mol. The predicted octanol–water partition coefficient (Wildman–Crippen LogP) is 2.21. The van der Waals surface area contributed by atoms with Gasteiger partial charge >= 0.3 is 0 Å². The molecule has 0 saturated carbocycles. The zero-order chi connectivity index (χ0) is 17.0. The SMILES string of the molecule is C=CCN1C(=O)C(C)(C)COc2cc(NC(=O)COC)ccc21. The first kappa shape index (κ1) is 17.0. The Bertz CT molecular complexity index is 625. The molecule has 0 aliphatic carbocycles. The lowest BCUT2D eigenvalue weighted by Gasteiger charge is -2.27. The Morgan fingerprint density at radius 2 is 2.26 bits per heavy atom. The zero-order valence-corrected chi connectivity index (χ0v) is 13.7. The van der Waals surface area contributed by atoms with Crippen molar-refractivity contribution >= 4 is 23.2 Å². The van der Waals surface area contributed by atoms with Crippen molar-refractivity contribution in [2.45, 2.75) is 13.8 Å². The predicted molar refractivity (Wildman–Crippen MR) is 88.8 cm³/mol. The van der Waals surface area contributed by atoms with E-state index in [4.69, 9.17) is 9.47 Å². The number of hydrogen-bond donors (Lipinski definition) is 1. The van der Waals surface area contributed by atoms with Gasteiger partial charge in [0.2, 0.25) is 11.8 Å². The molecule has 0 atom stereocenters. The Hall–Kier alpha value is -2.34. The highest BCUT2D eigenvalue weighted by molar-refractivity contribution is 6.00. The molecule has 23 heavy (non-hydrogen) atoms. The molecular weight excluding hydrogens is 296 g/mol. The van der Waals surface area contributed by atoms with Crippen molar-refractivity contribution in [1.82, 2.24) is 0 Å². The lowest BCUT2D eigenvalue weighted by Crippen LogP contribution is -2.42. The van der Waals surface area contributed by atoms with Crippen LogP contribution in [0.1, 0.15) is 13.8 Å². The van der Waals surface area contributed by atoms with Crippen LogP contribution in [-0.2, 0) is 14.3 Å². The third-order valence-electron chi connectivity index (χ3n) is 3.53. The molecule has 1 aliphatic rings. The van der Waals surface area contributed by atoms with Gasteiger partial charge in [-0.15, -0.1) is 6.58 Å². The Morgan fingerprint density at radius 1 is 1.52 bits per heavy atom. The second kappa shape index (κ2) is 6.83. The summed E-state index contributed by atoms with van der Waals surface area (Å²) in [5.41, 5.74) is 0.628. The highest BCUT2D eigenvalue weighted by Gasteiger charge is 2.37. The molecule has 2 rings (SSSR count). The van der Waals surface area contributed by atoms with Crippen LogP contribution in [0.5, 0.6) is 5.75 Å². The summed E-state index contributed by atoms with van der Waals surface area (Å²) in [7, 11) is 1.46. The van der Waals surface area contributed by atoms with Crippen LogP contribution in [0.4, 0.5) is 11.4 Å². The molecule has 1 N–H and O–H groups in total. The first-order valence-corrected chi connectivity index (χ1v) is 7.37. The Balaban J connectivity index is 2.35. The van der Waals surface area contributed by atoms with Gasteiger partial charge in [-0.05, 0) is 26.0 Å². The maximum absolute atomic E-state index is 12.7. The van der Waals surface area contributed by atoms with E-state index in [1.807, 2.05) is 13.8 Å². The minimum atomic E-state index is -0.637. The summed E-state index contributed by atoms with van der Waals surface area (Å²) >= 11 is 0. The van der Waals surface area contributed by atoms with Gasteiger partial charge in [0.05, 0.1) is 11.1 Å². The lowest BCUT2D eigenvalue weighted by atomic mass is 9.93. The van der Waals surface area contributed by atoms with E-state index in [1.165, 1.54) is 7.11 Å². The normalized spacial score (nSPS) is 16.1. The second-order valence-corrected chi connectivity index (χ2v) is 6.04. The van der Waals surface area contributed by atoms with Gasteiger partial charge < -0.3 is 19.7 Å².